The summed E-state index contributed by atoms with van der Waals surface area (Å²) in [6.45, 7) is 3.60. The molecule has 0 saturated carbocycles. The van der Waals surface area contributed by atoms with Crippen molar-refractivity contribution in [3.05, 3.63) is 34.1 Å². The Morgan fingerprint density at radius 1 is 1.37 bits per heavy atom. The fourth-order valence-electron chi connectivity index (χ4n) is 3.05. The summed E-state index contributed by atoms with van der Waals surface area (Å²) in [5.41, 5.74) is 0.421. The molecule has 1 aromatic rings. The van der Waals surface area contributed by atoms with Crippen molar-refractivity contribution < 1.29 is 9.18 Å². The van der Waals surface area contributed by atoms with Gasteiger partial charge in [0.25, 0.3) is 5.91 Å². The van der Waals surface area contributed by atoms with Crippen molar-refractivity contribution in [1.82, 2.24) is 10.2 Å². The quantitative estimate of drug-likeness (QED) is 0.858. The maximum atomic E-state index is 13.3. The van der Waals surface area contributed by atoms with Crippen LogP contribution in [0.4, 0.5) is 4.39 Å². The van der Waals surface area contributed by atoms with Crippen molar-refractivity contribution in [3.63, 3.8) is 0 Å². The first-order valence-corrected chi connectivity index (χ1v) is 7.39. The van der Waals surface area contributed by atoms with Gasteiger partial charge in [-0.25, -0.2) is 4.39 Å². The summed E-state index contributed by atoms with van der Waals surface area (Å²) in [5.74, 6) is 0.797. The lowest BCUT2D eigenvalue weighted by Gasteiger charge is -2.34. The molecule has 0 aromatic heterocycles. The van der Waals surface area contributed by atoms with Crippen molar-refractivity contribution in [2.45, 2.75) is 6.42 Å². The molecule has 0 radical (unpaired) electrons. The maximum absolute atomic E-state index is 13.3. The molecule has 3 rings (SSSR count). The number of halogens is 2. The minimum Gasteiger partial charge on any atom is -0.338 e. The summed E-state index contributed by atoms with van der Waals surface area (Å²) < 4.78 is 13.9. The molecule has 0 aliphatic carbocycles. The largest absolute Gasteiger partial charge is 0.338 e. The summed E-state index contributed by atoms with van der Waals surface area (Å²) in [6, 6.07) is 4.26. The highest BCUT2D eigenvalue weighted by Gasteiger charge is 2.35. The van der Waals surface area contributed by atoms with E-state index in [9.17, 15) is 9.18 Å². The number of hydrogen-bond acceptors (Lipinski definition) is 2. The summed E-state index contributed by atoms with van der Waals surface area (Å²) in [5, 5.41) is 3.38. The summed E-state index contributed by atoms with van der Waals surface area (Å²) >= 11 is 3.33. The first-order valence-electron chi connectivity index (χ1n) is 6.60. The highest BCUT2D eigenvalue weighted by molar-refractivity contribution is 9.10. The first-order chi connectivity index (χ1) is 9.15. The number of rotatable bonds is 1. The second kappa shape index (κ2) is 5.21. The van der Waals surface area contributed by atoms with E-state index in [2.05, 4.69) is 21.2 Å². The molecule has 2 aliphatic heterocycles. The van der Waals surface area contributed by atoms with Gasteiger partial charge in [-0.2, -0.15) is 0 Å². The third-order valence-electron chi connectivity index (χ3n) is 4.15. The zero-order valence-corrected chi connectivity index (χ0v) is 12.1. The molecule has 2 fully saturated rings. The van der Waals surface area contributed by atoms with E-state index >= 15 is 0 Å². The van der Waals surface area contributed by atoms with Crippen LogP contribution in [0.15, 0.2) is 22.7 Å². The van der Waals surface area contributed by atoms with Crippen molar-refractivity contribution in [2.75, 3.05) is 26.2 Å². The number of carbonyl (C=O) groups excluding carboxylic acids is 1. The lowest BCUT2D eigenvalue weighted by atomic mass is 9.88. The van der Waals surface area contributed by atoms with E-state index in [1.807, 2.05) is 4.90 Å². The standard InChI is InChI=1S/C14H16BrFN2O/c15-13-2-1-11(16)5-12(13)14(19)18-4-3-9-6-17-7-10(9)8-18/h1-2,5,9-10,17H,3-4,6-8H2. The molecule has 0 spiro atoms. The second-order valence-electron chi connectivity index (χ2n) is 5.34. The molecule has 1 amide bonds. The molecule has 1 aromatic carbocycles. The Kier molecular flexibility index (Phi) is 3.58. The van der Waals surface area contributed by atoms with E-state index in [1.165, 1.54) is 12.1 Å². The lowest BCUT2D eigenvalue weighted by Crippen LogP contribution is -2.43. The van der Waals surface area contributed by atoms with Crippen molar-refractivity contribution >= 4 is 21.8 Å². The number of benzene rings is 1. The lowest BCUT2D eigenvalue weighted by molar-refractivity contribution is 0.0641. The van der Waals surface area contributed by atoms with Gasteiger partial charge in [0.15, 0.2) is 0 Å². The number of hydrogen-bond donors (Lipinski definition) is 1. The van der Waals surface area contributed by atoms with Crippen molar-refractivity contribution in [2.24, 2.45) is 11.8 Å². The van der Waals surface area contributed by atoms with Gasteiger partial charge < -0.3 is 10.2 Å². The number of fused-ring (bicyclic) bond motifs is 1. The fourth-order valence-corrected chi connectivity index (χ4v) is 3.47. The van der Waals surface area contributed by atoms with Gasteiger partial charge in [-0.05, 0) is 65.5 Å². The van der Waals surface area contributed by atoms with Gasteiger partial charge in [0.2, 0.25) is 0 Å². The van der Waals surface area contributed by atoms with Gasteiger partial charge in [0.05, 0.1) is 5.56 Å². The molecule has 1 N–H and O–H groups in total. The minimum atomic E-state index is -0.371. The second-order valence-corrected chi connectivity index (χ2v) is 6.20. The number of likely N-dealkylation sites (tertiary alicyclic amines) is 1. The van der Waals surface area contributed by atoms with Crippen LogP contribution >= 0.6 is 15.9 Å². The maximum Gasteiger partial charge on any atom is 0.255 e. The van der Waals surface area contributed by atoms with Crippen LogP contribution in [0.1, 0.15) is 16.8 Å². The zero-order chi connectivity index (χ0) is 13.4. The van der Waals surface area contributed by atoms with Crippen LogP contribution in [0.3, 0.4) is 0 Å². The van der Waals surface area contributed by atoms with E-state index in [1.54, 1.807) is 6.07 Å². The highest BCUT2D eigenvalue weighted by Crippen LogP contribution is 2.28. The Labute approximate surface area is 120 Å². The molecule has 5 heteroatoms. The Morgan fingerprint density at radius 3 is 3.00 bits per heavy atom. The third-order valence-corrected chi connectivity index (χ3v) is 4.84. The number of piperidine rings is 1. The Bertz CT molecular complexity index is 508. The molecule has 2 unspecified atom stereocenters. The van der Waals surface area contributed by atoms with Gasteiger partial charge in [-0.15, -0.1) is 0 Å². The van der Waals surface area contributed by atoms with Gasteiger partial charge in [-0.3, -0.25) is 4.79 Å². The van der Waals surface area contributed by atoms with Gasteiger partial charge in [-0.1, -0.05) is 0 Å². The third kappa shape index (κ3) is 2.54. The molecule has 2 aliphatic rings. The molecule has 2 heterocycles. The highest BCUT2D eigenvalue weighted by atomic mass is 79.9. The minimum absolute atomic E-state index is 0.0725. The van der Waals surface area contributed by atoms with Crippen LogP contribution in [0.5, 0.6) is 0 Å². The number of nitrogens with zero attached hydrogens (tertiary/aromatic N) is 1. The SMILES string of the molecule is O=C(c1cc(F)ccc1Br)N1CCC2CNCC2C1. The molecular weight excluding hydrogens is 311 g/mol. The predicted octanol–water partition coefficient (Wildman–Crippen LogP) is 2.27. The molecule has 2 atom stereocenters. The zero-order valence-electron chi connectivity index (χ0n) is 10.5. The molecule has 3 nitrogen and oxygen atoms in total. The van der Waals surface area contributed by atoms with Crippen LogP contribution in [-0.4, -0.2) is 37.0 Å². The normalized spacial score (nSPS) is 26.3. The number of nitrogens with one attached hydrogen (secondary N) is 1. The van der Waals surface area contributed by atoms with Crippen LogP contribution in [0.25, 0.3) is 0 Å². The van der Waals surface area contributed by atoms with Gasteiger partial charge >= 0.3 is 0 Å². The Hall–Kier alpha value is -0.940. The van der Waals surface area contributed by atoms with Crippen LogP contribution < -0.4 is 5.32 Å². The Morgan fingerprint density at radius 2 is 2.16 bits per heavy atom. The number of amides is 1. The molecule has 2 saturated heterocycles. The average molecular weight is 327 g/mol. The van der Waals surface area contributed by atoms with E-state index in [0.717, 1.165) is 32.6 Å². The topological polar surface area (TPSA) is 32.3 Å². The van der Waals surface area contributed by atoms with Crippen molar-refractivity contribution in [1.29, 1.82) is 0 Å². The first kappa shape index (κ1) is 13.1. The molecule has 0 bridgehead atoms. The van der Waals surface area contributed by atoms with Crippen LogP contribution in [0.2, 0.25) is 0 Å². The van der Waals surface area contributed by atoms with Crippen molar-refractivity contribution in [3.8, 4) is 0 Å². The fraction of sp³-hybridized carbons (Fsp3) is 0.500. The Balaban J connectivity index is 1.78. The monoisotopic (exact) mass is 326 g/mol. The summed E-state index contributed by atoms with van der Waals surface area (Å²) in [7, 11) is 0. The smallest absolute Gasteiger partial charge is 0.255 e. The molecular formula is C14H16BrFN2O. The van der Waals surface area contributed by atoms with Crippen LogP contribution in [0, 0.1) is 17.7 Å². The van der Waals surface area contributed by atoms with E-state index < -0.39 is 0 Å². The number of carbonyl (C=O) groups is 1. The van der Waals surface area contributed by atoms with E-state index in [-0.39, 0.29) is 11.7 Å². The average Bonchev–Trinajstić information content (AvgIpc) is 2.88. The molecule has 102 valence electrons. The summed E-state index contributed by atoms with van der Waals surface area (Å²) in [4.78, 5) is 14.3. The van der Waals surface area contributed by atoms with Gasteiger partial charge in [0.1, 0.15) is 5.82 Å². The van der Waals surface area contributed by atoms with E-state index in [4.69, 9.17) is 0 Å². The predicted molar refractivity (Wildman–Crippen MR) is 74.5 cm³/mol. The molecule has 19 heavy (non-hydrogen) atoms. The van der Waals surface area contributed by atoms with Crippen LogP contribution in [-0.2, 0) is 0 Å². The summed E-state index contributed by atoms with van der Waals surface area (Å²) in [6.07, 6.45) is 1.04. The van der Waals surface area contributed by atoms with Gasteiger partial charge in [0, 0.05) is 17.6 Å². The van der Waals surface area contributed by atoms with E-state index in [0.29, 0.717) is 21.9 Å².